The van der Waals surface area contributed by atoms with E-state index in [9.17, 15) is 24.8 Å². The standard InChI is InChI=1S/C27H18ClN3O6S/c1-13-9-16-10-15(5-8-20(16)37-13)24(32)22-23(14-3-2-4-18(11-14)31(35)36)30(26(34)25(22)33)27-29-19-7-6-17(28)12-21(19)38-27/h2-8,10-13,23,32H,9H2,1H3/b24-22+/t13-,23-/m1/s1. The number of fused-ring (bicyclic) bond motifs is 2. The van der Waals surface area contributed by atoms with Crippen LogP contribution < -0.4 is 9.64 Å². The van der Waals surface area contributed by atoms with Gasteiger partial charge in [-0.1, -0.05) is 35.1 Å². The minimum Gasteiger partial charge on any atom is -0.507 e. The fourth-order valence-electron chi connectivity index (χ4n) is 4.87. The van der Waals surface area contributed by atoms with Gasteiger partial charge >= 0.3 is 5.91 Å². The van der Waals surface area contributed by atoms with Crippen LogP contribution in [-0.4, -0.2) is 32.8 Å². The second-order valence-electron chi connectivity index (χ2n) is 9.08. The highest BCUT2D eigenvalue weighted by molar-refractivity contribution is 7.22. The summed E-state index contributed by atoms with van der Waals surface area (Å²) in [6.45, 7) is 1.93. The van der Waals surface area contributed by atoms with E-state index in [0.29, 0.717) is 33.0 Å². The maximum atomic E-state index is 13.4. The highest BCUT2D eigenvalue weighted by atomic mass is 35.5. The SMILES string of the molecule is C[C@@H]1Cc2cc(/C(O)=C3\C(=O)C(=O)N(c4nc5ccc(Cl)cc5s4)[C@@H]3c3cccc([N+](=O)[O-])c3)ccc2O1. The highest BCUT2D eigenvalue weighted by Crippen LogP contribution is 2.45. The molecule has 3 heterocycles. The largest absolute Gasteiger partial charge is 0.507 e. The first kappa shape index (κ1) is 24.1. The third-order valence-corrected chi connectivity index (χ3v) is 7.81. The Bertz CT molecular complexity index is 1710. The molecule has 1 amide bonds. The number of halogens is 1. The zero-order chi connectivity index (χ0) is 26.7. The Kier molecular flexibility index (Phi) is 5.66. The Morgan fingerprint density at radius 2 is 2.00 bits per heavy atom. The minimum atomic E-state index is -1.14. The molecule has 0 saturated carbocycles. The molecule has 0 spiro atoms. The number of nitro groups is 1. The topological polar surface area (TPSA) is 123 Å². The van der Waals surface area contributed by atoms with Crippen LogP contribution in [0.1, 0.15) is 29.7 Å². The van der Waals surface area contributed by atoms with Crippen molar-refractivity contribution in [3.05, 3.63) is 98.1 Å². The molecule has 38 heavy (non-hydrogen) atoms. The number of hydrogen-bond donors (Lipinski definition) is 1. The van der Waals surface area contributed by atoms with Gasteiger partial charge in [0.2, 0.25) is 0 Å². The summed E-state index contributed by atoms with van der Waals surface area (Å²) < 4.78 is 6.43. The Morgan fingerprint density at radius 3 is 2.79 bits per heavy atom. The van der Waals surface area contributed by atoms with Gasteiger partial charge in [0.05, 0.1) is 26.8 Å². The van der Waals surface area contributed by atoms with Crippen molar-refractivity contribution in [3.8, 4) is 5.75 Å². The van der Waals surface area contributed by atoms with Crippen LogP contribution in [0.25, 0.3) is 16.0 Å². The number of Topliss-reactive ketones (excluding diaryl/α,β-unsaturated/α-hetero) is 1. The zero-order valence-electron chi connectivity index (χ0n) is 19.8. The number of aromatic nitrogens is 1. The van der Waals surface area contributed by atoms with E-state index in [0.717, 1.165) is 16.9 Å². The number of aliphatic hydroxyl groups excluding tert-OH is 1. The van der Waals surface area contributed by atoms with E-state index < -0.39 is 22.7 Å². The number of ether oxygens (including phenoxy) is 1. The van der Waals surface area contributed by atoms with Crippen LogP contribution in [0.15, 0.2) is 66.2 Å². The van der Waals surface area contributed by atoms with Crippen molar-refractivity contribution in [2.45, 2.75) is 25.5 Å². The summed E-state index contributed by atoms with van der Waals surface area (Å²) in [7, 11) is 0. The number of benzene rings is 3. The van der Waals surface area contributed by atoms with E-state index in [4.69, 9.17) is 16.3 Å². The number of rotatable bonds is 4. The summed E-state index contributed by atoms with van der Waals surface area (Å²) in [4.78, 5) is 43.6. The van der Waals surface area contributed by atoms with E-state index in [1.54, 1.807) is 42.5 Å². The average Bonchev–Trinajstić information content (AvgIpc) is 3.55. The normalized spacial score (nSPS) is 20.1. The lowest BCUT2D eigenvalue weighted by molar-refractivity contribution is -0.384. The molecule has 1 N–H and O–H groups in total. The molecule has 0 unspecified atom stereocenters. The fraction of sp³-hybridized carbons (Fsp3) is 0.148. The second kappa shape index (κ2) is 8.93. The smallest absolute Gasteiger partial charge is 0.301 e. The lowest BCUT2D eigenvalue weighted by atomic mass is 9.94. The molecule has 0 radical (unpaired) electrons. The molecule has 2 atom stereocenters. The van der Waals surface area contributed by atoms with Crippen molar-refractivity contribution < 1.29 is 24.4 Å². The number of anilines is 1. The molecule has 1 fully saturated rings. The predicted molar refractivity (Wildman–Crippen MR) is 143 cm³/mol. The zero-order valence-corrected chi connectivity index (χ0v) is 21.3. The Balaban J connectivity index is 1.56. The van der Waals surface area contributed by atoms with E-state index in [1.165, 1.54) is 23.1 Å². The van der Waals surface area contributed by atoms with Crippen molar-refractivity contribution >= 4 is 61.4 Å². The van der Waals surface area contributed by atoms with Gasteiger partial charge in [0, 0.05) is 29.1 Å². The maximum absolute atomic E-state index is 13.4. The maximum Gasteiger partial charge on any atom is 0.301 e. The third-order valence-electron chi connectivity index (χ3n) is 6.56. The Labute approximate surface area is 224 Å². The van der Waals surface area contributed by atoms with Crippen LogP contribution in [-0.2, 0) is 16.0 Å². The molecule has 190 valence electrons. The van der Waals surface area contributed by atoms with E-state index in [2.05, 4.69) is 4.98 Å². The molecule has 6 rings (SSSR count). The van der Waals surface area contributed by atoms with Gasteiger partial charge < -0.3 is 9.84 Å². The van der Waals surface area contributed by atoms with Gasteiger partial charge in [0.25, 0.3) is 11.5 Å². The molecule has 1 saturated heterocycles. The molecule has 3 aromatic carbocycles. The summed E-state index contributed by atoms with van der Waals surface area (Å²) in [5.74, 6) is -1.50. The number of hydrogen-bond acceptors (Lipinski definition) is 8. The minimum absolute atomic E-state index is 0.0228. The molecule has 2 aliphatic rings. The fourth-order valence-corrected chi connectivity index (χ4v) is 6.14. The first-order valence-electron chi connectivity index (χ1n) is 11.6. The number of thiazole rings is 1. The first-order chi connectivity index (χ1) is 18.2. The van der Waals surface area contributed by atoms with Gasteiger partial charge in [-0.05, 0) is 54.4 Å². The summed E-state index contributed by atoms with van der Waals surface area (Å²) in [6.07, 6.45) is 0.610. The lowest BCUT2D eigenvalue weighted by Gasteiger charge is -2.22. The van der Waals surface area contributed by atoms with Crippen LogP contribution in [0.2, 0.25) is 5.02 Å². The van der Waals surface area contributed by atoms with Crippen molar-refractivity contribution in [1.82, 2.24) is 4.98 Å². The number of carbonyl (C=O) groups is 2. The number of ketones is 1. The van der Waals surface area contributed by atoms with Crippen LogP contribution in [0.5, 0.6) is 5.75 Å². The van der Waals surface area contributed by atoms with Gasteiger partial charge in [-0.3, -0.25) is 24.6 Å². The number of nitrogens with zero attached hydrogens (tertiary/aromatic N) is 3. The first-order valence-corrected chi connectivity index (χ1v) is 12.8. The Hall–Kier alpha value is -4.28. The van der Waals surface area contributed by atoms with Gasteiger partial charge in [0.15, 0.2) is 5.13 Å². The second-order valence-corrected chi connectivity index (χ2v) is 10.5. The Morgan fingerprint density at radius 1 is 1.18 bits per heavy atom. The number of non-ortho nitro benzene ring substituents is 1. The quantitative estimate of drug-likeness (QED) is 0.112. The number of amides is 1. The van der Waals surface area contributed by atoms with Crippen LogP contribution in [0.4, 0.5) is 10.8 Å². The molecule has 0 aliphatic carbocycles. The van der Waals surface area contributed by atoms with Crippen LogP contribution in [0.3, 0.4) is 0 Å². The summed E-state index contributed by atoms with van der Waals surface area (Å²) >= 11 is 7.28. The van der Waals surface area contributed by atoms with Crippen molar-refractivity contribution in [2.24, 2.45) is 0 Å². The van der Waals surface area contributed by atoms with Crippen LogP contribution >= 0.6 is 22.9 Å². The van der Waals surface area contributed by atoms with Gasteiger partial charge in [0.1, 0.15) is 17.6 Å². The molecule has 4 aromatic rings. The number of carbonyl (C=O) groups excluding carboxylic acids is 2. The van der Waals surface area contributed by atoms with E-state index >= 15 is 0 Å². The van der Waals surface area contributed by atoms with E-state index in [1.807, 2.05) is 6.92 Å². The molecule has 9 nitrogen and oxygen atoms in total. The highest BCUT2D eigenvalue weighted by Gasteiger charge is 2.48. The van der Waals surface area contributed by atoms with Gasteiger partial charge in [-0.2, -0.15) is 0 Å². The van der Waals surface area contributed by atoms with Crippen molar-refractivity contribution in [3.63, 3.8) is 0 Å². The number of nitro benzene ring substituents is 1. The summed E-state index contributed by atoms with van der Waals surface area (Å²) in [6, 6.07) is 14.6. The lowest BCUT2D eigenvalue weighted by Crippen LogP contribution is -2.29. The predicted octanol–water partition coefficient (Wildman–Crippen LogP) is 5.81. The number of aliphatic hydroxyl groups is 1. The van der Waals surface area contributed by atoms with E-state index in [-0.39, 0.29) is 33.8 Å². The van der Waals surface area contributed by atoms with Crippen molar-refractivity contribution in [2.75, 3.05) is 4.90 Å². The molecular formula is C27H18ClN3O6S. The summed E-state index contributed by atoms with van der Waals surface area (Å²) in [5, 5.41) is 23.6. The average molecular weight is 548 g/mol. The molecule has 0 bridgehead atoms. The van der Waals surface area contributed by atoms with Crippen molar-refractivity contribution in [1.29, 1.82) is 0 Å². The van der Waals surface area contributed by atoms with Gasteiger partial charge in [-0.25, -0.2) is 4.98 Å². The molecular weight excluding hydrogens is 530 g/mol. The van der Waals surface area contributed by atoms with Crippen LogP contribution in [0, 0.1) is 10.1 Å². The monoisotopic (exact) mass is 547 g/mol. The van der Waals surface area contributed by atoms with Gasteiger partial charge in [-0.15, -0.1) is 0 Å². The molecule has 1 aromatic heterocycles. The molecule has 11 heteroatoms. The third kappa shape index (κ3) is 3.89. The molecule has 2 aliphatic heterocycles. The summed E-state index contributed by atoms with van der Waals surface area (Å²) in [5.41, 5.74) is 1.67.